The van der Waals surface area contributed by atoms with Gasteiger partial charge >= 0.3 is 5.69 Å². The molecule has 126 valence electrons. The van der Waals surface area contributed by atoms with E-state index in [9.17, 15) is 14.5 Å². The zero-order valence-electron chi connectivity index (χ0n) is 12.9. The van der Waals surface area contributed by atoms with Crippen molar-refractivity contribution in [3.05, 3.63) is 57.9 Å². The lowest BCUT2D eigenvalue weighted by Crippen LogP contribution is -2.37. The Morgan fingerprint density at radius 2 is 1.92 bits per heavy atom. The molecule has 8 heteroatoms. The maximum Gasteiger partial charge on any atom is 0.311 e. The molecule has 0 spiro atoms. The van der Waals surface area contributed by atoms with Gasteiger partial charge in [-0.2, -0.15) is 0 Å². The third-order valence-electron chi connectivity index (χ3n) is 3.75. The highest BCUT2D eigenvalue weighted by molar-refractivity contribution is 5.62. The van der Waals surface area contributed by atoms with Crippen LogP contribution >= 0.6 is 0 Å². The molecule has 7 nitrogen and oxygen atoms in total. The van der Waals surface area contributed by atoms with Crippen molar-refractivity contribution in [2.45, 2.75) is 6.54 Å². The summed E-state index contributed by atoms with van der Waals surface area (Å²) in [7, 11) is 0. The molecule has 1 aliphatic heterocycles. The second-order valence-corrected chi connectivity index (χ2v) is 5.38. The monoisotopic (exact) mass is 332 g/mol. The van der Waals surface area contributed by atoms with Crippen molar-refractivity contribution in [2.24, 2.45) is 0 Å². The summed E-state index contributed by atoms with van der Waals surface area (Å²) >= 11 is 0. The number of nitrogens with one attached hydrogen (secondary N) is 1. The van der Waals surface area contributed by atoms with E-state index in [1.54, 1.807) is 18.2 Å². The average molecular weight is 332 g/mol. The molecule has 2 heterocycles. The molecule has 0 bridgehead atoms. The number of anilines is 2. The number of halogens is 1. The number of morpholine rings is 1. The zero-order valence-corrected chi connectivity index (χ0v) is 12.9. The summed E-state index contributed by atoms with van der Waals surface area (Å²) in [6.45, 7) is 2.62. The van der Waals surface area contributed by atoms with Gasteiger partial charge in [0.05, 0.1) is 18.1 Å². The van der Waals surface area contributed by atoms with E-state index in [1.807, 2.05) is 4.90 Å². The van der Waals surface area contributed by atoms with Crippen LogP contribution in [0.25, 0.3) is 0 Å². The molecule has 2 aromatic rings. The molecule has 0 amide bonds. The molecule has 0 unspecified atom stereocenters. The van der Waals surface area contributed by atoms with Gasteiger partial charge in [0.15, 0.2) is 0 Å². The van der Waals surface area contributed by atoms with Crippen molar-refractivity contribution in [3.63, 3.8) is 0 Å². The van der Waals surface area contributed by atoms with Crippen molar-refractivity contribution in [1.29, 1.82) is 0 Å². The van der Waals surface area contributed by atoms with Gasteiger partial charge in [-0.15, -0.1) is 0 Å². The first kappa shape index (κ1) is 16.1. The van der Waals surface area contributed by atoms with Crippen molar-refractivity contribution in [2.75, 3.05) is 36.5 Å². The Labute approximate surface area is 138 Å². The predicted octanol–water partition coefficient (Wildman–Crippen LogP) is 2.58. The number of ether oxygens (including phenoxy) is 1. The summed E-state index contributed by atoms with van der Waals surface area (Å²) in [6.07, 6.45) is 0. The first-order valence-corrected chi connectivity index (χ1v) is 7.60. The Hall–Kier alpha value is -2.74. The lowest BCUT2D eigenvalue weighted by molar-refractivity contribution is -0.384. The number of hydrogen-bond acceptors (Lipinski definition) is 6. The zero-order chi connectivity index (χ0) is 16.9. The normalized spacial score (nSPS) is 14.5. The van der Waals surface area contributed by atoms with Crippen molar-refractivity contribution >= 4 is 17.3 Å². The summed E-state index contributed by atoms with van der Waals surface area (Å²) in [4.78, 5) is 17.1. The lowest BCUT2D eigenvalue weighted by Gasteiger charge is -2.27. The number of nitro groups is 1. The van der Waals surface area contributed by atoms with Crippen molar-refractivity contribution < 1.29 is 14.1 Å². The number of benzene rings is 1. The standard InChI is InChI=1S/C16H17FN4O3/c17-13-3-1-12(2-4-13)11-18-15-6-5-14(21(22)23)16(19-15)20-7-9-24-10-8-20/h1-6H,7-11H2,(H,18,19). The number of nitrogens with zero attached hydrogens (tertiary/aromatic N) is 3. The number of pyridine rings is 1. The van der Waals surface area contributed by atoms with E-state index in [4.69, 9.17) is 4.74 Å². The fourth-order valence-corrected chi connectivity index (χ4v) is 2.48. The molecule has 3 rings (SSSR count). The third kappa shape index (κ3) is 3.77. The molecule has 0 atom stereocenters. The smallest absolute Gasteiger partial charge is 0.311 e. The Kier molecular flexibility index (Phi) is 4.85. The van der Waals surface area contributed by atoms with Gasteiger partial charge in [-0.25, -0.2) is 9.37 Å². The molecule has 1 N–H and O–H groups in total. The maximum absolute atomic E-state index is 12.9. The van der Waals surface area contributed by atoms with Crippen LogP contribution in [0, 0.1) is 15.9 Å². The Morgan fingerprint density at radius 3 is 2.58 bits per heavy atom. The Balaban J connectivity index is 1.78. The van der Waals surface area contributed by atoms with Crippen molar-refractivity contribution in [1.82, 2.24) is 4.98 Å². The van der Waals surface area contributed by atoms with Crippen LogP contribution < -0.4 is 10.2 Å². The van der Waals surface area contributed by atoms with E-state index in [0.717, 1.165) is 5.56 Å². The maximum atomic E-state index is 12.9. The molecule has 0 aliphatic carbocycles. The fourth-order valence-electron chi connectivity index (χ4n) is 2.48. The largest absolute Gasteiger partial charge is 0.378 e. The van der Waals surface area contributed by atoms with Gasteiger partial charge in [0.1, 0.15) is 11.6 Å². The first-order valence-electron chi connectivity index (χ1n) is 7.60. The van der Waals surface area contributed by atoms with Crippen LogP contribution in [0.1, 0.15) is 5.56 Å². The van der Waals surface area contributed by atoms with E-state index >= 15 is 0 Å². The van der Waals surface area contributed by atoms with E-state index in [2.05, 4.69) is 10.3 Å². The molecule has 1 aliphatic rings. The molecule has 0 saturated carbocycles. The quantitative estimate of drug-likeness (QED) is 0.669. The number of hydrogen-bond donors (Lipinski definition) is 1. The van der Waals surface area contributed by atoms with Gasteiger partial charge in [-0.1, -0.05) is 12.1 Å². The summed E-state index contributed by atoms with van der Waals surface area (Å²) < 4.78 is 18.2. The van der Waals surface area contributed by atoms with Gasteiger partial charge < -0.3 is 15.0 Å². The van der Waals surface area contributed by atoms with Crippen LogP contribution in [0.3, 0.4) is 0 Å². The summed E-state index contributed by atoms with van der Waals surface area (Å²) in [5.74, 6) is 0.584. The molecule has 24 heavy (non-hydrogen) atoms. The molecule has 1 saturated heterocycles. The fraction of sp³-hybridized carbons (Fsp3) is 0.312. The highest BCUT2D eigenvalue weighted by atomic mass is 19.1. The second kappa shape index (κ2) is 7.22. The SMILES string of the molecule is O=[N+]([O-])c1ccc(NCc2ccc(F)cc2)nc1N1CCOCC1. The van der Waals surface area contributed by atoms with Gasteiger partial charge in [0, 0.05) is 25.7 Å². The summed E-state index contributed by atoms with van der Waals surface area (Å²) in [5.41, 5.74) is 0.869. The van der Waals surface area contributed by atoms with E-state index in [1.165, 1.54) is 18.2 Å². The van der Waals surface area contributed by atoms with Crippen LogP contribution in [-0.2, 0) is 11.3 Å². The minimum Gasteiger partial charge on any atom is -0.378 e. The highest BCUT2D eigenvalue weighted by Gasteiger charge is 2.23. The van der Waals surface area contributed by atoms with Crippen LogP contribution in [0.5, 0.6) is 0 Å². The van der Waals surface area contributed by atoms with Crippen LogP contribution in [0.4, 0.5) is 21.7 Å². The Morgan fingerprint density at radius 1 is 1.21 bits per heavy atom. The third-order valence-corrected chi connectivity index (χ3v) is 3.75. The number of rotatable bonds is 5. The van der Waals surface area contributed by atoms with Crippen molar-refractivity contribution in [3.8, 4) is 0 Å². The molecular formula is C16H17FN4O3. The molecular weight excluding hydrogens is 315 g/mol. The highest BCUT2D eigenvalue weighted by Crippen LogP contribution is 2.28. The minimum absolute atomic E-state index is 0.0239. The lowest BCUT2D eigenvalue weighted by atomic mass is 10.2. The van der Waals surface area contributed by atoms with E-state index < -0.39 is 4.92 Å². The summed E-state index contributed by atoms with van der Waals surface area (Å²) in [5, 5.41) is 14.4. The van der Waals surface area contributed by atoms with Gasteiger partial charge in [-0.3, -0.25) is 10.1 Å². The van der Waals surface area contributed by atoms with Crippen LogP contribution in [0.2, 0.25) is 0 Å². The van der Waals surface area contributed by atoms with Gasteiger partial charge in [0.25, 0.3) is 0 Å². The van der Waals surface area contributed by atoms with E-state index in [-0.39, 0.29) is 11.5 Å². The summed E-state index contributed by atoms with van der Waals surface area (Å²) in [6, 6.07) is 9.16. The molecule has 0 radical (unpaired) electrons. The van der Waals surface area contributed by atoms with Gasteiger partial charge in [-0.05, 0) is 23.8 Å². The second-order valence-electron chi connectivity index (χ2n) is 5.38. The number of aromatic nitrogens is 1. The van der Waals surface area contributed by atoms with Crippen LogP contribution in [-0.4, -0.2) is 36.2 Å². The molecule has 1 fully saturated rings. The molecule has 1 aromatic carbocycles. The topological polar surface area (TPSA) is 80.5 Å². The van der Waals surface area contributed by atoms with Crippen LogP contribution in [0.15, 0.2) is 36.4 Å². The predicted molar refractivity (Wildman–Crippen MR) is 87.7 cm³/mol. The first-order chi connectivity index (χ1) is 11.6. The van der Waals surface area contributed by atoms with Gasteiger partial charge in [0.2, 0.25) is 5.82 Å². The average Bonchev–Trinajstić information content (AvgIpc) is 2.61. The minimum atomic E-state index is -0.429. The van der Waals surface area contributed by atoms with E-state index in [0.29, 0.717) is 44.5 Å². The Bertz CT molecular complexity index is 718. The molecule has 1 aromatic heterocycles.